The van der Waals surface area contributed by atoms with Gasteiger partial charge >= 0.3 is 0 Å². The van der Waals surface area contributed by atoms with Crippen LogP contribution in [0.25, 0.3) is 0 Å². The quantitative estimate of drug-likeness (QED) is 0.448. The number of nitrogens with zero attached hydrogens (tertiary/aromatic N) is 2. The van der Waals surface area contributed by atoms with Gasteiger partial charge in [-0.2, -0.15) is 0 Å². The number of amides is 1. The van der Waals surface area contributed by atoms with E-state index in [1.54, 1.807) is 11.0 Å². The van der Waals surface area contributed by atoms with Gasteiger partial charge < -0.3 is 10.6 Å². The van der Waals surface area contributed by atoms with Crippen LogP contribution in [0.1, 0.15) is 18.1 Å². The van der Waals surface area contributed by atoms with Gasteiger partial charge in [0.1, 0.15) is 5.69 Å². The van der Waals surface area contributed by atoms with Gasteiger partial charge in [-0.3, -0.25) is 14.9 Å². The number of nitro benzene ring substituents is 1. The maximum atomic E-state index is 11.3. The fourth-order valence-electron chi connectivity index (χ4n) is 2.04. The molecule has 0 unspecified atom stereocenters. The predicted octanol–water partition coefficient (Wildman–Crippen LogP) is 1.08. The third-order valence-electron chi connectivity index (χ3n) is 3.00. The maximum Gasteiger partial charge on any atom is 0.292 e. The third kappa shape index (κ3) is 2.06. The smallest absolute Gasteiger partial charge is 0.292 e. The number of anilines is 1. The Morgan fingerprint density at radius 1 is 1.47 bits per heavy atom. The summed E-state index contributed by atoms with van der Waals surface area (Å²) in [6, 6.07) is 3.12. The second kappa shape index (κ2) is 4.04. The Hall–Kier alpha value is -2.11. The average Bonchev–Trinajstić information content (AvgIpc) is 2.26. The van der Waals surface area contributed by atoms with Crippen molar-refractivity contribution in [3.05, 3.63) is 33.4 Å². The second-order valence-corrected chi connectivity index (χ2v) is 4.13. The normalized spacial score (nSPS) is 14.3. The molecule has 17 heavy (non-hydrogen) atoms. The van der Waals surface area contributed by atoms with Gasteiger partial charge in [-0.15, -0.1) is 0 Å². The molecule has 1 amide bonds. The van der Waals surface area contributed by atoms with Gasteiger partial charge in [0.05, 0.1) is 4.92 Å². The fraction of sp³-hybridized carbons (Fsp3) is 0.364. The molecule has 2 N–H and O–H groups in total. The van der Waals surface area contributed by atoms with Gasteiger partial charge in [-0.25, -0.2) is 0 Å². The summed E-state index contributed by atoms with van der Waals surface area (Å²) in [6.07, 6.45) is 0.635. The van der Waals surface area contributed by atoms with Crippen molar-refractivity contribution in [1.82, 2.24) is 4.90 Å². The molecule has 1 aliphatic heterocycles. The number of benzene rings is 1. The van der Waals surface area contributed by atoms with Gasteiger partial charge in [-0.1, -0.05) is 0 Å². The van der Waals surface area contributed by atoms with Crippen LogP contribution in [0, 0.1) is 10.1 Å². The molecule has 0 bridgehead atoms. The first kappa shape index (κ1) is 11.4. The summed E-state index contributed by atoms with van der Waals surface area (Å²) in [5.74, 6) is 0.00701. The molecule has 0 radical (unpaired) electrons. The molecular formula is C11H13N3O3. The summed E-state index contributed by atoms with van der Waals surface area (Å²) < 4.78 is 0. The summed E-state index contributed by atoms with van der Waals surface area (Å²) in [5.41, 5.74) is 7.52. The van der Waals surface area contributed by atoms with E-state index in [0.29, 0.717) is 19.5 Å². The Labute approximate surface area is 98.2 Å². The van der Waals surface area contributed by atoms with Gasteiger partial charge in [0, 0.05) is 26.1 Å². The third-order valence-corrected chi connectivity index (χ3v) is 3.00. The minimum Gasteiger partial charge on any atom is -0.393 e. The van der Waals surface area contributed by atoms with Crippen molar-refractivity contribution in [3.63, 3.8) is 0 Å². The Kier molecular flexibility index (Phi) is 2.71. The van der Waals surface area contributed by atoms with Crippen LogP contribution in [-0.2, 0) is 17.8 Å². The highest BCUT2D eigenvalue weighted by molar-refractivity contribution is 5.74. The summed E-state index contributed by atoms with van der Waals surface area (Å²) in [4.78, 5) is 23.2. The maximum absolute atomic E-state index is 11.3. The molecule has 1 heterocycles. The first-order valence-electron chi connectivity index (χ1n) is 5.30. The first-order valence-corrected chi connectivity index (χ1v) is 5.30. The van der Waals surface area contributed by atoms with Crippen LogP contribution in [0.2, 0.25) is 0 Å². The van der Waals surface area contributed by atoms with E-state index in [1.807, 2.05) is 0 Å². The average molecular weight is 235 g/mol. The van der Waals surface area contributed by atoms with Crippen molar-refractivity contribution < 1.29 is 9.72 Å². The first-order chi connectivity index (χ1) is 7.99. The summed E-state index contributed by atoms with van der Waals surface area (Å²) in [5, 5.41) is 10.7. The number of rotatable bonds is 1. The van der Waals surface area contributed by atoms with Crippen molar-refractivity contribution >= 4 is 17.3 Å². The molecule has 0 saturated heterocycles. The molecule has 0 fully saturated rings. The Balaban J connectivity index is 2.38. The molecule has 1 aliphatic rings. The van der Waals surface area contributed by atoms with Gasteiger partial charge in [-0.05, 0) is 23.6 Å². The van der Waals surface area contributed by atoms with Crippen LogP contribution in [0.15, 0.2) is 12.1 Å². The lowest BCUT2D eigenvalue weighted by molar-refractivity contribution is -0.384. The standard InChI is InChI=1S/C11H13N3O3/c1-7(15)13-3-2-8-5-11(14(16)17)10(12)4-9(8)6-13/h4-5H,2-3,6,12H2,1H3. The Morgan fingerprint density at radius 3 is 2.76 bits per heavy atom. The molecule has 2 rings (SSSR count). The number of fused-ring (bicyclic) bond motifs is 1. The Bertz CT molecular complexity index is 499. The molecule has 1 aromatic rings. The molecule has 6 heteroatoms. The predicted molar refractivity (Wildman–Crippen MR) is 62.3 cm³/mol. The van der Waals surface area contributed by atoms with E-state index in [2.05, 4.69) is 0 Å². The van der Waals surface area contributed by atoms with E-state index in [9.17, 15) is 14.9 Å². The van der Waals surface area contributed by atoms with E-state index in [1.165, 1.54) is 13.0 Å². The zero-order valence-corrected chi connectivity index (χ0v) is 9.47. The zero-order chi connectivity index (χ0) is 12.6. The van der Waals surface area contributed by atoms with Crippen molar-refractivity contribution in [2.24, 2.45) is 0 Å². The number of nitrogen functional groups attached to an aromatic ring is 1. The molecule has 0 aliphatic carbocycles. The van der Waals surface area contributed by atoms with E-state index in [4.69, 9.17) is 5.73 Å². The number of nitrogens with two attached hydrogens (primary N) is 1. The van der Waals surface area contributed by atoms with Crippen LogP contribution in [0.5, 0.6) is 0 Å². The SMILES string of the molecule is CC(=O)N1CCc2cc([N+](=O)[O-])c(N)cc2C1. The highest BCUT2D eigenvalue weighted by Gasteiger charge is 2.22. The van der Waals surface area contributed by atoms with Crippen molar-refractivity contribution in [2.45, 2.75) is 19.9 Å². The molecule has 0 atom stereocenters. The second-order valence-electron chi connectivity index (χ2n) is 4.13. The lowest BCUT2D eigenvalue weighted by Gasteiger charge is -2.27. The molecule has 1 aromatic carbocycles. The molecule has 0 aromatic heterocycles. The van der Waals surface area contributed by atoms with Crippen LogP contribution in [0.3, 0.4) is 0 Å². The van der Waals surface area contributed by atoms with E-state index >= 15 is 0 Å². The topological polar surface area (TPSA) is 89.5 Å². The largest absolute Gasteiger partial charge is 0.393 e. The van der Waals surface area contributed by atoms with E-state index in [0.717, 1.165) is 11.1 Å². The van der Waals surface area contributed by atoms with Crippen molar-refractivity contribution in [3.8, 4) is 0 Å². The van der Waals surface area contributed by atoms with E-state index < -0.39 is 4.92 Å². The molecule has 6 nitrogen and oxygen atoms in total. The van der Waals surface area contributed by atoms with Crippen molar-refractivity contribution in [2.75, 3.05) is 12.3 Å². The molecule has 0 spiro atoms. The number of carbonyl (C=O) groups is 1. The van der Waals surface area contributed by atoms with Gasteiger partial charge in [0.2, 0.25) is 5.91 Å². The Morgan fingerprint density at radius 2 is 2.18 bits per heavy atom. The minimum absolute atomic E-state index is 0.00701. The van der Waals surface area contributed by atoms with Crippen LogP contribution in [0.4, 0.5) is 11.4 Å². The highest BCUT2D eigenvalue weighted by atomic mass is 16.6. The fourth-order valence-corrected chi connectivity index (χ4v) is 2.04. The van der Waals surface area contributed by atoms with Crippen LogP contribution < -0.4 is 5.73 Å². The van der Waals surface area contributed by atoms with Crippen LogP contribution in [-0.4, -0.2) is 22.3 Å². The zero-order valence-electron chi connectivity index (χ0n) is 9.47. The lowest BCUT2D eigenvalue weighted by Crippen LogP contribution is -2.34. The van der Waals surface area contributed by atoms with Gasteiger partial charge in [0.25, 0.3) is 5.69 Å². The minimum atomic E-state index is -0.479. The van der Waals surface area contributed by atoms with Crippen molar-refractivity contribution in [1.29, 1.82) is 0 Å². The summed E-state index contributed by atoms with van der Waals surface area (Å²) >= 11 is 0. The molecular weight excluding hydrogens is 222 g/mol. The molecule has 90 valence electrons. The number of nitro groups is 1. The number of hydrogen-bond acceptors (Lipinski definition) is 4. The van der Waals surface area contributed by atoms with Gasteiger partial charge in [0.15, 0.2) is 0 Å². The lowest BCUT2D eigenvalue weighted by atomic mass is 9.98. The number of carbonyl (C=O) groups excluding carboxylic acids is 1. The summed E-state index contributed by atoms with van der Waals surface area (Å²) in [6.45, 7) is 2.59. The van der Waals surface area contributed by atoms with Crippen LogP contribution >= 0.6 is 0 Å². The summed E-state index contributed by atoms with van der Waals surface area (Å²) in [7, 11) is 0. The molecule has 0 saturated carbocycles. The highest BCUT2D eigenvalue weighted by Crippen LogP contribution is 2.29. The monoisotopic (exact) mass is 235 g/mol. The number of hydrogen-bond donors (Lipinski definition) is 1. The van der Waals surface area contributed by atoms with E-state index in [-0.39, 0.29) is 17.3 Å².